The van der Waals surface area contributed by atoms with E-state index in [9.17, 15) is 18.0 Å². The lowest BCUT2D eigenvalue weighted by Gasteiger charge is -2.49. The summed E-state index contributed by atoms with van der Waals surface area (Å²) in [6.45, 7) is 4.79. The number of rotatable bonds is 2. The van der Waals surface area contributed by atoms with Crippen LogP contribution in [-0.4, -0.2) is 25.3 Å². The van der Waals surface area contributed by atoms with Crippen molar-refractivity contribution in [3.8, 4) is 0 Å². The molecule has 0 saturated heterocycles. The van der Waals surface area contributed by atoms with Gasteiger partial charge in [0, 0.05) is 13.3 Å². The van der Waals surface area contributed by atoms with E-state index in [0.717, 1.165) is 10.5 Å². The van der Waals surface area contributed by atoms with Crippen LogP contribution in [-0.2, 0) is 20.4 Å². The van der Waals surface area contributed by atoms with Gasteiger partial charge in [-0.25, -0.2) is 12.7 Å². The zero-order valence-corrected chi connectivity index (χ0v) is 17.2. The summed E-state index contributed by atoms with van der Waals surface area (Å²) in [5.74, 6) is -0.681. The Morgan fingerprint density at radius 1 is 1.21 bits per heavy atom. The van der Waals surface area contributed by atoms with Gasteiger partial charge in [0.15, 0.2) is 5.82 Å². The van der Waals surface area contributed by atoms with Crippen molar-refractivity contribution in [1.82, 2.24) is 4.98 Å². The monoisotopic (exact) mass is 417 g/mol. The third kappa shape index (κ3) is 2.40. The number of para-hydroxylation sites is 1. The number of hydrogen-bond donors (Lipinski definition) is 0. The molecule has 0 bridgehead atoms. The molecule has 1 unspecified atom stereocenters. The van der Waals surface area contributed by atoms with Crippen LogP contribution in [0.5, 0.6) is 0 Å². The van der Waals surface area contributed by atoms with Crippen LogP contribution in [0.25, 0.3) is 10.9 Å². The molecule has 152 valence electrons. The van der Waals surface area contributed by atoms with Crippen molar-refractivity contribution in [3.63, 3.8) is 0 Å². The predicted octanol–water partition coefficient (Wildman–Crippen LogP) is 3.13. The minimum atomic E-state index is -4.06. The first-order valence-corrected chi connectivity index (χ1v) is 10.4. The number of ether oxygens (including phenoxy) is 1. The summed E-state index contributed by atoms with van der Waals surface area (Å²) in [4.78, 5) is 4.40. The van der Waals surface area contributed by atoms with E-state index >= 15 is 0 Å². The molecule has 3 aromatic rings. The highest BCUT2D eigenvalue weighted by molar-refractivity contribution is 7.94. The summed E-state index contributed by atoms with van der Waals surface area (Å²) in [5.41, 5.74) is -0.572. The van der Waals surface area contributed by atoms with Crippen molar-refractivity contribution in [2.24, 2.45) is 0 Å². The van der Waals surface area contributed by atoms with E-state index in [4.69, 9.17) is 4.74 Å². The number of hydrogen-bond acceptors (Lipinski definition) is 5. The van der Waals surface area contributed by atoms with Crippen LogP contribution in [0.3, 0.4) is 0 Å². The SMILES string of the molecule is COC1(C)c2ncccc2N(c2cc3cccc(F)c3[n+]([O-])c2)S(=O)(=O)C1(C)C. The Morgan fingerprint density at radius 2 is 1.93 bits per heavy atom. The first-order chi connectivity index (χ1) is 13.6. The van der Waals surface area contributed by atoms with Gasteiger partial charge in [0.25, 0.3) is 5.52 Å². The summed E-state index contributed by atoms with van der Waals surface area (Å²) in [7, 11) is -2.62. The molecule has 1 aliphatic rings. The van der Waals surface area contributed by atoms with Crippen molar-refractivity contribution >= 4 is 32.3 Å². The van der Waals surface area contributed by atoms with Gasteiger partial charge in [0.05, 0.1) is 16.8 Å². The summed E-state index contributed by atoms with van der Waals surface area (Å²) < 4.78 is 47.2. The van der Waals surface area contributed by atoms with E-state index < -0.39 is 26.2 Å². The molecule has 4 rings (SSSR count). The minimum absolute atomic E-state index is 0.0959. The Kier molecular flexibility index (Phi) is 4.11. The van der Waals surface area contributed by atoms with E-state index in [1.54, 1.807) is 45.2 Å². The number of fused-ring (bicyclic) bond motifs is 2. The number of aromatic nitrogens is 2. The number of pyridine rings is 2. The molecule has 29 heavy (non-hydrogen) atoms. The summed E-state index contributed by atoms with van der Waals surface area (Å²) in [6.07, 6.45) is 2.62. The van der Waals surface area contributed by atoms with Gasteiger partial charge >= 0.3 is 0 Å². The summed E-state index contributed by atoms with van der Waals surface area (Å²) in [5, 5.41) is 12.8. The van der Waals surface area contributed by atoms with Crippen LogP contribution in [0.4, 0.5) is 15.8 Å². The van der Waals surface area contributed by atoms with Gasteiger partial charge in [0.1, 0.15) is 16.0 Å². The highest BCUT2D eigenvalue weighted by Gasteiger charge is 2.60. The zero-order chi connectivity index (χ0) is 21.2. The molecule has 2 aromatic heterocycles. The zero-order valence-electron chi connectivity index (χ0n) is 16.4. The number of sulfonamides is 1. The Morgan fingerprint density at radius 3 is 2.62 bits per heavy atom. The fourth-order valence-electron chi connectivity index (χ4n) is 3.81. The third-order valence-corrected chi connectivity index (χ3v) is 8.49. The topological polar surface area (TPSA) is 86.4 Å². The van der Waals surface area contributed by atoms with Gasteiger partial charge in [-0.3, -0.25) is 4.98 Å². The van der Waals surface area contributed by atoms with E-state index in [1.807, 2.05) is 0 Å². The first kappa shape index (κ1) is 19.5. The largest absolute Gasteiger partial charge is 0.618 e. The van der Waals surface area contributed by atoms with E-state index in [2.05, 4.69) is 4.98 Å². The minimum Gasteiger partial charge on any atom is -0.618 e. The summed E-state index contributed by atoms with van der Waals surface area (Å²) in [6, 6.07) is 8.90. The van der Waals surface area contributed by atoms with Crippen LogP contribution in [0, 0.1) is 11.0 Å². The van der Waals surface area contributed by atoms with Gasteiger partial charge in [-0.15, -0.1) is 0 Å². The second-order valence-electron chi connectivity index (χ2n) is 7.59. The van der Waals surface area contributed by atoms with E-state index in [0.29, 0.717) is 10.4 Å². The van der Waals surface area contributed by atoms with Crippen molar-refractivity contribution in [2.75, 3.05) is 11.4 Å². The molecule has 3 heterocycles. The van der Waals surface area contributed by atoms with Crippen molar-refractivity contribution < 1.29 is 22.3 Å². The number of methoxy groups -OCH3 is 1. The number of anilines is 2. The van der Waals surface area contributed by atoms with E-state index in [1.165, 1.54) is 25.3 Å². The van der Waals surface area contributed by atoms with Gasteiger partial charge in [-0.05, 0) is 51.1 Å². The maximum atomic E-state index is 14.1. The van der Waals surface area contributed by atoms with Crippen LogP contribution < -0.4 is 9.04 Å². The van der Waals surface area contributed by atoms with Crippen molar-refractivity contribution in [1.29, 1.82) is 0 Å². The number of halogens is 1. The first-order valence-electron chi connectivity index (χ1n) is 8.93. The smallest absolute Gasteiger partial charge is 0.259 e. The quantitative estimate of drug-likeness (QED) is 0.472. The van der Waals surface area contributed by atoms with Gasteiger partial charge < -0.3 is 9.94 Å². The molecule has 0 N–H and O–H groups in total. The lowest BCUT2D eigenvalue weighted by Crippen LogP contribution is -2.60. The van der Waals surface area contributed by atoms with Crippen LogP contribution >= 0.6 is 0 Å². The second kappa shape index (κ2) is 6.11. The Balaban J connectivity index is 2.08. The molecule has 9 heteroatoms. The van der Waals surface area contributed by atoms with Gasteiger partial charge in [-0.1, -0.05) is 6.07 Å². The predicted molar refractivity (Wildman–Crippen MR) is 107 cm³/mol. The highest BCUT2D eigenvalue weighted by atomic mass is 32.2. The van der Waals surface area contributed by atoms with Crippen LogP contribution in [0.2, 0.25) is 0 Å². The van der Waals surface area contributed by atoms with Gasteiger partial charge in [-0.2, -0.15) is 9.12 Å². The third-order valence-electron chi connectivity index (χ3n) is 5.93. The van der Waals surface area contributed by atoms with Gasteiger partial charge in [0.2, 0.25) is 16.2 Å². The Bertz CT molecular complexity index is 1250. The Hall–Kier alpha value is -2.78. The highest BCUT2D eigenvalue weighted by Crippen LogP contribution is 2.52. The molecule has 0 aliphatic carbocycles. The lowest BCUT2D eigenvalue weighted by atomic mass is 9.86. The molecule has 1 atom stereocenters. The fraction of sp³-hybridized carbons (Fsp3) is 0.300. The van der Waals surface area contributed by atoms with Crippen LogP contribution in [0.15, 0.2) is 48.8 Å². The molecule has 0 saturated carbocycles. The molecule has 7 nitrogen and oxygen atoms in total. The molecular formula is C20H20FN3O4S. The average molecular weight is 417 g/mol. The lowest BCUT2D eigenvalue weighted by molar-refractivity contribution is -0.577. The standard InChI is InChI=1S/C20H20FN3O4S/c1-19(2)20(3,28-4)18-16(9-6-10-22-18)24(29(19,26)27)14-11-13-7-5-8-15(21)17(13)23(25)12-14/h5-12H,1-4H3. The van der Waals surface area contributed by atoms with Crippen molar-refractivity contribution in [2.45, 2.75) is 31.1 Å². The number of benzene rings is 1. The van der Waals surface area contributed by atoms with E-state index in [-0.39, 0.29) is 22.3 Å². The Labute approximate surface area is 168 Å². The maximum Gasteiger partial charge on any atom is 0.259 e. The molecule has 0 spiro atoms. The molecule has 1 aromatic carbocycles. The molecule has 1 aliphatic heterocycles. The molecule has 0 radical (unpaired) electrons. The fourth-order valence-corrected chi connectivity index (χ4v) is 5.72. The molecular weight excluding hydrogens is 397 g/mol. The van der Waals surface area contributed by atoms with Crippen molar-refractivity contribution in [3.05, 3.63) is 65.5 Å². The molecule has 0 fully saturated rings. The number of nitrogens with zero attached hydrogens (tertiary/aromatic N) is 3. The normalized spacial score (nSPS) is 22.4. The average Bonchev–Trinajstić information content (AvgIpc) is 2.66. The van der Waals surface area contributed by atoms with Crippen LogP contribution in [0.1, 0.15) is 26.5 Å². The maximum absolute atomic E-state index is 14.1. The summed E-state index contributed by atoms with van der Waals surface area (Å²) >= 11 is 0. The molecule has 0 amide bonds. The second-order valence-corrected chi connectivity index (χ2v) is 9.93.